The molecule has 1 aliphatic carbocycles. The van der Waals surface area contributed by atoms with Crippen LogP contribution in [0.15, 0.2) is 35.6 Å². The van der Waals surface area contributed by atoms with Gasteiger partial charge in [-0.3, -0.25) is 4.79 Å². The standard InChI is InChI=1S/C20H24N4O/c1-2-12-24-15-16(18-10-6-7-11-19(18)24)13-22-23-20(25)14-21-17-8-4-3-5-9-17/h1,6-7,10-11,13,15,17,21H,3-5,8-9,12,14H2,(H,23,25)/b22-13-. The third kappa shape index (κ3) is 4.49. The number of amides is 1. The van der Waals surface area contributed by atoms with Gasteiger partial charge >= 0.3 is 0 Å². The number of aromatic nitrogens is 1. The summed E-state index contributed by atoms with van der Waals surface area (Å²) in [6.45, 7) is 0.812. The molecule has 1 saturated carbocycles. The molecule has 0 aliphatic heterocycles. The molecule has 25 heavy (non-hydrogen) atoms. The fraction of sp³-hybridized carbons (Fsp3) is 0.400. The first kappa shape index (κ1) is 17.2. The maximum atomic E-state index is 11.9. The van der Waals surface area contributed by atoms with E-state index >= 15 is 0 Å². The Bertz CT molecular complexity index is 794. The normalized spacial score (nSPS) is 15.5. The van der Waals surface area contributed by atoms with Crippen molar-refractivity contribution in [1.82, 2.24) is 15.3 Å². The number of hydrazone groups is 1. The van der Waals surface area contributed by atoms with Gasteiger partial charge in [0.05, 0.1) is 19.3 Å². The number of carbonyl (C=O) groups excluding carboxylic acids is 1. The molecular formula is C20H24N4O. The molecule has 0 bridgehead atoms. The van der Waals surface area contributed by atoms with E-state index in [4.69, 9.17) is 6.42 Å². The zero-order valence-electron chi connectivity index (χ0n) is 14.4. The molecule has 0 spiro atoms. The second kappa shape index (κ2) is 8.50. The lowest BCUT2D eigenvalue weighted by Crippen LogP contribution is -2.38. The summed E-state index contributed by atoms with van der Waals surface area (Å²) >= 11 is 0. The van der Waals surface area contributed by atoms with Gasteiger partial charge < -0.3 is 9.88 Å². The molecule has 0 saturated heterocycles. The number of nitrogens with zero attached hydrogens (tertiary/aromatic N) is 2. The van der Waals surface area contributed by atoms with Crippen LogP contribution < -0.4 is 10.7 Å². The van der Waals surface area contributed by atoms with Crippen LogP contribution in [0.1, 0.15) is 37.7 Å². The molecule has 5 nitrogen and oxygen atoms in total. The lowest BCUT2D eigenvalue weighted by atomic mass is 9.95. The minimum absolute atomic E-state index is 0.116. The van der Waals surface area contributed by atoms with Gasteiger partial charge in [-0.2, -0.15) is 5.10 Å². The Morgan fingerprint density at radius 1 is 1.32 bits per heavy atom. The lowest BCUT2D eigenvalue weighted by molar-refractivity contribution is -0.120. The summed E-state index contributed by atoms with van der Waals surface area (Å²) in [7, 11) is 0. The first-order valence-corrected chi connectivity index (χ1v) is 8.84. The topological polar surface area (TPSA) is 58.4 Å². The lowest BCUT2D eigenvalue weighted by Gasteiger charge is -2.22. The molecule has 1 fully saturated rings. The van der Waals surface area contributed by atoms with Crippen LogP contribution >= 0.6 is 0 Å². The van der Waals surface area contributed by atoms with Crippen molar-refractivity contribution >= 4 is 23.0 Å². The molecular weight excluding hydrogens is 312 g/mol. The number of para-hydroxylation sites is 1. The van der Waals surface area contributed by atoms with Crippen molar-refractivity contribution < 1.29 is 4.79 Å². The van der Waals surface area contributed by atoms with Crippen LogP contribution in [-0.4, -0.2) is 29.3 Å². The van der Waals surface area contributed by atoms with E-state index in [9.17, 15) is 4.79 Å². The molecule has 2 N–H and O–H groups in total. The molecule has 1 heterocycles. The summed E-state index contributed by atoms with van der Waals surface area (Å²) in [5, 5.41) is 8.47. The Labute approximate surface area is 148 Å². The van der Waals surface area contributed by atoms with Gasteiger partial charge in [0.1, 0.15) is 0 Å². The van der Waals surface area contributed by atoms with Crippen molar-refractivity contribution in [3.05, 3.63) is 36.0 Å². The number of hydrogen-bond acceptors (Lipinski definition) is 3. The molecule has 1 aromatic carbocycles. The Morgan fingerprint density at radius 3 is 2.92 bits per heavy atom. The van der Waals surface area contributed by atoms with E-state index in [1.165, 1.54) is 19.3 Å². The highest BCUT2D eigenvalue weighted by Gasteiger charge is 2.13. The predicted molar refractivity (Wildman–Crippen MR) is 101 cm³/mol. The minimum Gasteiger partial charge on any atom is -0.335 e. The fourth-order valence-electron chi connectivity index (χ4n) is 3.36. The number of rotatable bonds is 6. The highest BCUT2D eigenvalue weighted by Crippen LogP contribution is 2.19. The van der Waals surface area contributed by atoms with E-state index in [2.05, 4.69) is 21.8 Å². The van der Waals surface area contributed by atoms with Crippen molar-refractivity contribution in [3.63, 3.8) is 0 Å². The number of hydrogen-bond donors (Lipinski definition) is 2. The molecule has 3 rings (SSSR count). The predicted octanol–water partition coefficient (Wildman–Crippen LogP) is 2.65. The second-order valence-electron chi connectivity index (χ2n) is 6.44. The largest absolute Gasteiger partial charge is 0.335 e. The first-order chi connectivity index (χ1) is 12.3. The Balaban J connectivity index is 1.57. The van der Waals surface area contributed by atoms with Crippen molar-refractivity contribution in [2.24, 2.45) is 5.10 Å². The Hall–Kier alpha value is -2.58. The van der Waals surface area contributed by atoms with Gasteiger partial charge in [-0.1, -0.05) is 43.4 Å². The van der Waals surface area contributed by atoms with Crippen molar-refractivity contribution in [2.75, 3.05) is 6.54 Å². The molecule has 5 heteroatoms. The van der Waals surface area contributed by atoms with Crippen LogP contribution in [0, 0.1) is 12.3 Å². The number of terminal acetylenes is 1. The van der Waals surface area contributed by atoms with Crippen molar-refractivity contribution in [3.8, 4) is 12.3 Å². The molecule has 1 aliphatic rings. The molecule has 0 atom stereocenters. The molecule has 1 amide bonds. The molecule has 0 radical (unpaired) electrons. The monoisotopic (exact) mass is 336 g/mol. The maximum Gasteiger partial charge on any atom is 0.254 e. The van der Waals surface area contributed by atoms with Gasteiger partial charge in [0.15, 0.2) is 0 Å². The van der Waals surface area contributed by atoms with Crippen molar-refractivity contribution in [1.29, 1.82) is 0 Å². The minimum atomic E-state index is -0.116. The van der Waals surface area contributed by atoms with Crippen LogP contribution in [0.2, 0.25) is 0 Å². The number of fused-ring (bicyclic) bond motifs is 1. The van der Waals surface area contributed by atoms with Gasteiger partial charge in [0, 0.05) is 28.7 Å². The van der Waals surface area contributed by atoms with Crippen LogP contribution in [0.25, 0.3) is 10.9 Å². The van der Waals surface area contributed by atoms with E-state index < -0.39 is 0 Å². The summed E-state index contributed by atoms with van der Waals surface area (Å²) < 4.78 is 2.00. The number of benzene rings is 1. The average Bonchev–Trinajstić information content (AvgIpc) is 2.99. The van der Waals surface area contributed by atoms with Crippen LogP contribution in [0.3, 0.4) is 0 Å². The van der Waals surface area contributed by atoms with Crippen molar-refractivity contribution in [2.45, 2.75) is 44.7 Å². The first-order valence-electron chi connectivity index (χ1n) is 8.84. The van der Waals surface area contributed by atoms with Gasteiger partial charge in [-0.15, -0.1) is 6.42 Å². The van der Waals surface area contributed by atoms with Crippen LogP contribution in [-0.2, 0) is 11.3 Å². The third-order valence-electron chi connectivity index (χ3n) is 4.63. The van der Waals surface area contributed by atoms with E-state index in [0.717, 1.165) is 29.3 Å². The summed E-state index contributed by atoms with van der Waals surface area (Å²) in [6.07, 6.45) is 15.2. The third-order valence-corrected chi connectivity index (χ3v) is 4.63. The smallest absolute Gasteiger partial charge is 0.254 e. The molecule has 130 valence electrons. The maximum absolute atomic E-state index is 11.9. The Morgan fingerprint density at radius 2 is 2.12 bits per heavy atom. The highest BCUT2D eigenvalue weighted by molar-refractivity contribution is 5.99. The summed E-state index contributed by atoms with van der Waals surface area (Å²) in [5.74, 6) is 2.54. The summed E-state index contributed by atoms with van der Waals surface area (Å²) in [6, 6.07) is 8.47. The summed E-state index contributed by atoms with van der Waals surface area (Å²) in [4.78, 5) is 11.9. The molecule has 0 unspecified atom stereocenters. The Kier molecular flexibility index (Phi) is 5.86. The van der Waals surface area contributed by atoms with Gasteiger partial charge in [-0.05, 0) is 18.9 Å². The zero-order valence-corrected chi connectivity index (χ0v) is 14.4. The van der Waals surface area contributed by atoms with E-state index in [1.54, 1.807) is 6.21 Å². The quantitative estimate of drug-likeness (QED) is 0.484. The second-order valence-corrected chi connectivity index (χ2v) is 6.44. The fourth-order valence-corrected chi connectivity index (χ4v) is 3.36. The molecule has 2 aromatic rings. The van der Waals surface area contributed by atoms with Gasteiger partial charge in [0.2, 0.25) is 0 Å². The van der Waals surface area contributed by atoms with Crippen LogP contribution in [0.5, 0.6) is 0 Å². The van der Waals surface area contributed by atoms with Crippen LogP contribution in [0.4, 0.5) is 0 Å². The summed E-state index contributed by atoms with van der Waals surface area (Å²) in [5.41, 5.74) is 4.59. The van der Waals surface area contributed by atoms with Gasteiger partial charge in [-0.25, -0.2) is 5.43 Å². The van der Waals surface area contributed by atoms with E-state index in [1.807, 2.05) is 35.0 Å². The average molecular weight is 336 g/mol. The van der Waals surface area contributed by atoms with E-state index in [-0.39, 0.29) is 5.91 Å². The number of nitrogens with one attached hydrogen (secondary N) is 2. The number of carbonyl (C=O) groups is 1. The zero-order chi connectivity index (χ0) is 17.5. The SMILES string of the molecule is C#CCn1cc(/C=N\NC(=O)CNC2CCCCC2)c2ccccc21. The molecule has 1 aromatic heterocycles. The van der Waals surface area contributed by atoms with Gasteiger partial charge in [0.25, 0.3) is 5.91 Å². The van der Waals surface area contributed by atoms with E-state index in [0.29, 0.717) is 19.1 Å². The highest BCUT2D eigenvalue weighted by atomic mass is 16.2.